The van der Waals surface area contributed by atoms with E-state index in [1.807, 2.05) is 0 Å². The summed E-state index contributed by atoms with van der Waals surface area (Å²) in [5.41, 5.74) is 7.52. The van der Waals surface area contributed by atoms with Crippen molar-refractivity contribution in [2.24, 2.45) is 10.9 Å². The smallest absolute Gasteiger partial charge is 0.335 e. The van der Waals surface area contributed by atoms with Gasteiger partial charge < -0.3 is 15.9 Å². The Bertz CT molecular complexity index is 761. The number of anilines is 1. The Balaban J connectivity index is 1.68. The standard InChI is InChI=1S/C21H30BrF2N5O2/c22-17(13-25)14-27-31-20(30)7-4-12-29(15-19(23)24)11-2-1-6-18-9-8-16-5-3-10-26-21(16)28-18/h8-9,13-14,19H,1-7,10-12,15,25H2,(H,26,28)/b17-13+,27-14+. The quantitative estimate of drug-likeness (QED) is 0.184. The maximum absolute atomic E-state index is 12.9. The number of aryl methyl sites for hydroxylation is 2. The summed E-state index contributed by atoms with van der Waals surface area (Å²) in [6, 6.07) is 4.18. The van der Waals surface area contributed by atoms with Crippen molar-refractivity contribution < 1.29 is 18.4 Å². The molecule has 0 saturated carbocycles. The predicted molar refractivity (Wildman–Crippen MR) is 121 cm³/mol. The van der Waals surface area contributed by atoms with Gasteiger partial charge in [0.25, 0.3) is 6.43 Å². The van der Waals surface area contributed by atoms with Gasteiger partial charge in [0.1, 0.15) is 5.82 Å². The van der Waals surface area contributed by atoms with Crippen LogP contribution in [0.1, 0.15) is 43.4 Å². The van der Waals surface area contributed by atoms with Crippen LogP contribution >= 0.6 is 15.9 Å². The van der Waals surface area contributed by atoms with Crippen LogP contribution in [0.5, 0.6) is 0 Å². The van der Waals surface area contributed by atoms with Crippen molar-refractivity contribution in [3.8, 4) is 0 Å². The largest absolute Gasteiger partial charge is 0.404 e. The predicted octanol–water partition coefficient (Wildman–Crippen LogP) is 3.83. The van der Waals surface area contributed by atoms with Crippen molar-refractivity contribution in [3.63, 3.8) is 0 Å². The molecule has 1 aliphatic rings. The van der Waals surface area contributed by atoms with E-state index in [9.17, 15) is 13.6 Å². The van der Waals surface area contributed by atoms with Crippen molar-refractivity contribution in [2.45, 2.75) is 51.4 Å². The number of carbonyl (C=O) groups excluding carboxylic acids is 1. The molecule has 2 heterocycles. The zero-order chi connectivity index (χ0) is 22.5. The Hall–Kier alpha value is -2.07. The monoisotopic (exact) mass is 501 g/mol. The highest BCUT2D eigenvalue weighted by Gasteiger charge is 2.14. The van der Waals surface area contributed by atoms with E-state index < -0.39 is 12.4 Å². The molecule has 172 valence electrons. The summed E-state index contributed by atoms with van der Waals surface area (Å²) in [5.74, 6) is 0.461. The number of fused-ring (bicyclic) bond motifs is 1. The third-order valence-corrected chi connectivity index (χ3v) is 5.32. The second-order valence-electron chi connectivity index (χ2n) is 7.34. The molecule has 0 aromatic carbocycles. The topological polar surface area (TPSA) is 92.8 Å². The number of rotatable bonds is 13. The maximum atomic E-state index is 12.9. The fraction of sp³-hybridized carbons (Fsp3) is 0.571. The van der Waals surface area contributed by atoms with Gasteiger partial charge in [0.15, 0.2) is 0 Å². The lowest BCUT2D eigenvalue weighted by molar-refractivity contribution is -0.143. The van der Waals surface area contributed by atoms with Gasteiger partial charge in [-0.25, -0.2) is 18.6 Å². The van der Waals surface area contributed by atoms with Crippen LogP contribution in [-0.2, 0) is 22.5 Å². The van der Waals surface area contributed by atoms with Crippen LogP contribution in [0, 0.1) is 0 Å². The molecule has 0 spiro atoms. The molecular weight excluding hydrogens is 472 g/mol. The number of nitrogens with two attached hydrogens (primary N) is 1. The third kappa shape index (κ3) is 10.2. The second kappa shape index (κ2) is 14.1. The molecular formula is C21H30BrF2N5O2. The number of unbranched alkanes of at least 4 members (excludes halogenated alkanes) is 1. The number of allylic oxidation sites excluding steroid dienone is 1. The zero-order valence-electron chi connectivity index (χ0n) is 17.5. The summed E-state index contributed by atoms with van der Waals surface area (Å²) in [7, 11) is 0. The Morgan fingerprint density at radius 2 is 2.16 bits per heavy atom. The minimum atomic E-state index is -2.41. The van der Waals surface area contributed by atoms with E-state index in [4.69, 9.17) is 5.73 Å². The molecule has 0 amide bonds. The highest BCUT2D eigenvalue weighted by Crippen LogP contribution is 2.20. The van der Waals surface area contributed by atoms with E-state index in [0.717, 1.165) is 50.2 Å². The summed E-state index contributed by atoms with van der Waals surface area (Å²) in [6.07, 6.45) is 5.29. The molecule has 0 atom stereocenters. The van der Waals surface area contributed by atoms with Gasteiger partial charge in [-0.1, -0.05) is 11.2 Å². The number of carbonyl (C=O) groups is 1. The summed E-state index contributed by atoms with van der Waals surface area (Å²) in [5, 5.41) is 6.82. The lowest BCUT2D eigenvalue weighted by atomic mass is 10.1. The average molecular weight is 502 g/mol. The Morgan fingerprint density at radius 3 is 2.94 bits per heavy atom. The number of alkyl halides is 2. The van der Waals surface area contributed by atoms with Gasteiger partial charge in [0, 0.05) is 24.9 Å². The minimum absolute atomic E-state index is 0.104. The number of oxime groups is 1. The van der Waals surface area contributed by atoms with Crippen LogP contribution in [0.15, 0.2) is 28.0 Å². The van der Waals surface area contributed by atoms with Gasteiger partial charge in [-0.2, -0.15) is 0 Å². The molecule has 0 unspecified atom stereocenters. The van der Waals surface area contributed by atoms with Gasteiger partial charge in [-0.3, -0.25) is 4.90 Å². The van der Waals surface area contributed by atoms with Crippen LogP contribution in [0.3, 0.4) is 0 Å². The Morgan fingerprint density at radius 1 is 1.35 bits per heavy atom. The molecule has 0 fully saturated rings. The molecule has 31 heavy (non-hydrogen) atoms. The SMILES string of the molecule is N/C=C(Br)\C=N\OC(=O)CCCN(CCCCc1ccc2c(n1)NCCC2)CC(F)F. The van der Waals surface area contributed by atoms with E-state index in [0.29, 0.717) is 24.0 Å². The number of halogens is 3. The first-order valence-electron chi connectivity index (χ1n) is 10.5. The lowest BCUT2D eigenvalue weighted by Gasteiger charge is -2.21. The number of hydrogen-bond donors (Lipinski definition) is 2. The van der Waals surface area contributed by atoms with Crippen LogP contribution < -0.4 is 11.1 Å². The van der Waals surface area contributed by atoms with Gasteiger partial charge in [0.05, 0.1) is 17.2 Å². The van der Waals surface area contributed by atoms with E-state index in [1.54, 1.807) is 4.90 Å². The maximum Gasteiger partial charge on any atom is 0.335 e. The summed E-state index contributed by atoms with van der Waals surface area (Å²) in [4.78, 5) is 22.7. The number of aromatic nitrogens is 1. The molecule has 0 aliphatic carbocycles. The van der Waals surface area contributed by atoms with E-state index in [-0.39, 0.29) is 13.0 Å². The summed E-state index contributed by atoms with van der Waals surface area (Å²) >= 11 is 3.09. The minimum Gasteiger partial charge on any atom is -0.404 e. The third-order valence-electron chi connectivity index (χ3n) is 4.85. The number of hydrogen-bond acceptors (Lipinski definition) is 7. The van der Waals surface area contributed by atoms with Crippen LogP contribution in [0.2, 0.25) is 0 Å². The van der Waals surface area contributed by atoms with Gasteiger partial charge in [0.2, 0.25) is 0 Å². The molecule has 10 heteroatoms. The van der Waals surface area contributed by atoms with Crippen LogP contribution in [0.25, 0.3) is 0 Å². The fourth-order valence-electron chi connectivity index (χ4n) is 3.31. The van der Waals surface area contributed by atoms with Crippen molar-refractivity contribution in [1.82, 2.24) is 9.88 Å². The van der Waals surface area contributed by atoms with E-state index in [2.05, 4.69) is 48.4 Å². The highest BCUT2D eigenvalue weighted by atomic mass is 79.9. The Kier molecular flexibility index (Phi) is 11.4. The number of nitrogens with zero attached hydrogens (tertiary/aromatic N) is 3. The van der Waals surface area contributed by atoms with Crippen molar-refractivity contribution in [2.75, 3.05) is 31.5 Å². The molecule has 0 bridgehead atoms. The van der Waals surface area contributed by atoms with Crippen LogP contribution in [-0.4, -0.2) is 54.7 Å². The lowest BCUT2D eigenvalue weighted by Crippen LogP contribution is -2.31. The summed E-state index contributed by atoms with van der Waals surface area (Å²) in [6.45, 7) is 1.60. The number of pyridine rings is 1. The van der Waals surface area contributed by atoms with E-state index in [1.165, 1.54) is 18.0 Å². The van der Waals surface area contributed by atoms with E-state index >= 15 is 0 Å². The highest BCUT2D eigenvalue weighted by molar-refractivity contribution is 9.12. The molecule has 7 nitrogen and oxygen atoms in total. The first kappa shape index (κ1) is 25.2. The molecule has 1 aromatic heterocycles. The second-order valence-corrected chi connectivity index (χ2v) is 8.26. The van der Waals surface area contributed by atoms with Crippen molar-refractivity contribution in [1.29, 1.82) is 0 Å². The fourth-order valence-corrected chi connectivity index (χ4v) is 3.39. The Labute approximate surface area is 190 Å². The molecule has 0 saturated heterocycles. The molecule has 1 aliphatic heterocycles. The van der Waals surface area contributed by atoms with Crippen molar-refractivity contribution in [3.05, 3.63) is 34.1 Å². The van der Waals surface area contributed by atoms with Gasteiger partial charge in [-0.15, -0.1) is 0 Å². The van der Waals surface area contributed by atoms with Crippen LogP contribution in [0.4, 0.5) is 14.6 Å². The molecule has 3 N–H and O–H groups in total. The van der Waals surface area contributed by atoms with Gasteiger partial charge >= 0.3 is 5.97 Å². The normalized spacial score (nSPS) is 14.2. The summed E-state index contributed by atoms with van der Waals surface area (Å²) < 4.78 is 26.3. The molecule has 0 radical (unpaired) electrons. The first-order valence-corrected chi connectivity index (χ1v) is 11.3. The average Bonchev–Trinajstić information content (AvgIpc) is 2.75. The number of nitrogens with one attached hydrogen (secondary N) is 1. The van der Waals surface area contributed by atoms with Crippen molar-refractivity contribution >= 4 is 33.9 Å². The molecule has 1 aromatic rings. The first-order chi connectivity index (χ1) is 15.0. The zero-order valence-corrected chi connectivity index (χ0v) is 19.1. The van der Waals surface area contributed by atoms with Gasteiger partial charge in [-0.05, 0) is 79.2 Å². The molecule has 2 rings (SSSR count).